The third-order valence-electron chi connectivity index (χ3n) is 6.89. The summed E-state index contributed by atoms with van der Waals surface area (Å²) < 4.78 is 0. The van der Waals surface area contributed by atoms with Crippen molar-refractivity contribution >= 4 is 0 Å². The van der Waals surface area contributed by atoms with E-state index in [2.05, 4.69) is 69.7 Å². The summed E-state index contributed by atoms with van der Waals surface area (Å²) in [4.78, 5) is 17.7. The number of nitrogens with zero attached hydrogens (tertiary/aromatic N) is 4. The quantitative estimate of drug-likeness (QED) is 0.390. The smallest absolute Gasteiger partial charge is 0.0434 e. The van der Waals surface area contributed by atoms with Crippen LogP contribution in [-0.4, -0.2) is 19.9 Å². The summed E-state index contributed by atoms with van der Waals surface area (Å²) in [5.41, 5.74) is 5.28. The van der Waals surface area contributed by atoms with Crippen molar-refractivity contribution in [3.8, 4) is 0 Å². The van der Waals surface area contributed by atoms with Crippen LogP contribution in [0.15, 0.2) is 98.0 Å². The molecule has 4 nitrogen and oxygen atoms in total. The molecule has 1 aliphatic rings. The number of pyridine rings is 4. The summed E-state index contributed by atoms with van der Waals surface area (Å²) >= 11 is 0. The molecule has 4 aromatic rings. The number of aromatic nitrogens is 4. The van der Waals surface area contributed by atoms with E-state index in [9.17, 15) is 0 Å². The molecule has 4 heteroatoms. The third kappa shape index (κ3) is 4.75. The Kier molecular flexibility index (Phi) is 6.29. The monoisotopic (exact) mass is 420 g/mol. The first-order chi connectivity index (χ1) is 15.9. The minimum Gasteiger partial charge on any atom is -0.265 e. The molecule has 2 unspecified atom stereocenters. The Bertz CT molecular complexity index is 897. The van der Waals surface area contributed by atoms with Gasteiger partial charge < -0.3 is 0 Å². The molecule has 0 aromatic carbocycles. The molecule has 0 N–H and O–H groups in total. The zero-order valence-electron chi connectivity index (χ0n) is 18.2. The third-order valence-corrected chi connectivity index (χ3v) is 6.89. The molecule has 0 bridgehead atoms. The van der Waals surface area contributed by atoms with E-state index in [-0.39, 0.29) is 0 Å². The van der Waals surface area contributed by atoms with E-state index in [1.165, 1.54) is 22.4 Å². The van der Waals surface area contributed by atoms with Crippen molar-refractivity contribution < 1.29 is 0 Å². The Hall–Kier alpha value is -3.40. The highest BCUT2D eigenvalue weighted by Gasteiger charge is 2.32. The molecule has 4 heterocycles. The van der Waals surface area contributed by atoms with Gasteiger partial charge in [-0.15, -0.1) is 0 Å². The SMILES string of the molecule is c1ccc(C2CC(c3ccncc3)CC(c3cccnc3)CC(c3ccncc3)C2)nc1. The van der Waals surface area contributed by atoms with Gasteiger partial charge in [0.2, 0.25) is 0 Å². The van der Waals surface area contributed by atoms with E-state index >= 15 is 0 Å². The van der Waals surface area contributed by atoms with E-state index in [1.807, 2.05) is 43.2 Å². The summed E-state index contributed by atoms with van der Waals surface area (Å²) in [7, 11) is 0. The molecule has 0 aliphatic heterocycles. The second-order valence-electron chi connectivity index (χ2n) is 8.83. The van der Waals surface area contributed by atoms with Crippen LogP contribution in [0.3, 0.4) is 0 Å². The fraction of sp³-hybridized carbons (Fsp3) is 0.286. The fourth-order valence-corrected chi connectivity index (χ4v) is 5.32. The van der Waals surface area contributed by atoms with Crippen LogP contribution >= 0.6 is 0 Å². The van der Waals surface area contributed by atoms with Crippen LogP contribution in [0.4, 0.5) is 0 Å². The molecule has 1 aliphatic carbocycles. The van der Waals surface area contributed by atoms with Gasteiger partial charge in [0.25, 0.3) is 0 Å². The lowest BCUT2D eigenvalue weighted by molar-refractivity contribution is 0.348. The van der Waals surface area contributed by atoms with Crippen LogP contribution in [0.1, 0.15) is 71.7 Å². The molecular weight excluding hydrogens is 392 g/mol. The molecule has 1 saturated carbocycles. The van der Waals surface area contributed by atoms with Gasteiger partial charge >= 0.3 is 0 Å². The zero-order chi connectivity index (χ0) is 21.6. The molecule has 160 valence electrons. The van der Waals surface area contributed by atoms with Crippen molar-refractivity contribution in [3.05, 3.63) is 120 Å². The Morgan fingerprint density at radius 2 is 1.06 bits per heavy atom. The average molecular weight is 421 g/mol. The first-order valence-corrected chi connectivity index (χ1v) is 11.5. The van der Waals surface area contributed by atoms with Crippen LogP contribution in [0.2, 0.25) is 0 Å². The lowest BCUT2D eigenvalue weighted by Gasteiger charge is -2.35. The molecule has 4 aromatic heterocycles. The van der Waals surface area contributed by atoms with E-state index in [0.717, 1.165) is 25.7 Å². The zero-order valence-corrected chi connectivity index (χ0v) is 18.2. The Morgan fingerprint density at radius 3 is 1.59 bits per heavy atom. The van der Waals surface area contributed by atoms with Gasteiger partial charge in [0.15, 0.2) is 0 Å². The van der Waals surface area contributed by atoms with Gasteiger partial charge in [0.1, 0.15) is 0 Å². The molecule has 32 heavy (non-hydrogen) atoms. The molecule has 0 spiro atoms. The Balaban J connectivity index is 1.55. The fourth-order valence-electron chi connectivity index (χ4n) is 5.32. The van der Waals surface area contributed by atoms with Crippen molar-refractivity contribution in [2.45, 2.75) is 49.4 Å². The van der Waals surface area contributed by atoms with Crippen molar-refractivity contribution in [1.82, 2.24) is 19.9 Å². The standard InChI is InChI=1S/C28H28N4/c1-2-11-32-28(5-1)27-18-24(21-6-12-29-13-7-21)16-26(23-4-3-10-31-20-23)17-25(19-27)22-8-14-30-15-9-22/h1-15,20,24-27H,16-19H2. The predicted molar refractivity (Wildman–Crippen MR) is 126 cm³/mol. The highest BCUT2D eigenvalue weighted by molar-refractivity contribution is 5.26. The maximum absolute atomic E-state index is 4.77. The first kappa shape index (κ1) is 20.5. The van der Waals surface area contributed by atoms with Gasteiger partial charge in [0.05, 0.1) is 0 Å². The topological polar surface area (TPSA) is 51.6 Å². The molecule has 0 amide bonds. The van der Waals surface area contributed by atoms with Crippen LogP contribution < -0.4 is 0 Å². The van der Waals surface area contributed by atoms with Gasteiger partial charge in [-0.05, 0) is 103 Å². The van der Waals surface area contributed by atoms with Crippen molar-refractivity contribution in [3.63, 3.8) is 0 Å². The normalized spacial score (nSPS) is 23.8. The van der Waals surface area contributed by atoms with Crippen LogP contribution in [0.5, 0.6) is 0 Å². The minimum atomic E-state index is 0.405. The number of hydrogen-bond acceptors (Lipinski definition) is 4. The van der Waals surface area contributed by atoms with Gasteiger partial charge in [-0.25, -0.2) is 0 Å². The second-order valence-corrected chi connectivity index (χ2v) is 8.83. The van der Waals surface area contributed by atoms with E-state index in [0.29, 0.717) is 23.7 Å². The maximum Gasteiger partial charge on any atom is 0.0434 e. The Morgan fingerprint density at radius 1 is 0.469 bits per heavy atom. The summed E-state index contributed by atoms with van der Waals surface area (Å²) in [6.07, 6.45) is 17.9. The van der Waals surface area contributed by atoms with Crippen molar-refractivity contribution in [2.75, 3.05) is 0 Å². The molecule has 0 saturated heterocycles. The van der Waals surface area contributed by atoms with Crippen LogP contribution in [0.25, 0.3) is 0 Å². The highest BCUT2D eigenvalue weighted by atomic mass is 14.7. The lowest BCUT2D eigenvalue weighted by atomic mass is 9.69. The van der Waals surface area contributed by atoms with Crippen molar-refractivity contribution in [2.24, 2.45) is 0 Å². The molecule has 0 radical (unpaired) electrons. The highest BCUT2D eigenvalue weighted by Crippen LogP contribution is 2.47. The molecule has 5 rings (SSSR count). The molecule has 1 fully saturated rings. The number of hydrogen-bond donors (Lipinski definition) is 0. The largest absolute Gasteiger partial charge is 0.265 e. The second kappa shape index (κ2) is 9.82. The predicted octanol–water partition coefficient (Wildman–Crippen LogP) is 6.28. The molecule has 2 atom stereocenters. The van der Waals surface area contributed by atoms with E-state index in [4.69, 9.17) is 4.98 Å². The minimum absolute atomic E-state index is 0.405. The summed E-state index contributed by atoms with van der Waals surface area (Å²) in [5.74, 6) is 1.76. The van der Waals surface area contributed by atoms with Gasteiger partial charge in [0, 0.05) is 55.0 Å². The van der Waals surface area contributed by atoms with Crippen LogP contribution in [-0.2, 0) is 0 Å². The van der Waals surface area contributed by atoms with Crippen LogP contribution in [0, 0.1) is 0 Å². The number of rotatable bonds is 4. The summed E-state index contributed by atoms with van der Waals surface area (Å²) in [6, 6.07) is 19.3. The van der Waals surface area contributed by atoms with E-state index < -0.39 is 0 Å². The maximum atomic E-state index is 4.77. The van der Waals surface area contributed by atoms with Gasteiger partial charge in [-0.1, -0.05) is 12.1 Å². The average Bonchev–Trinajstić information content (AvgIpc) is 2.86. The van der Waals surface area contributed by atoms with Gasteiger partial charge in [-0.2, -0.15) is 0 Å². The van der Waals surface area contributed by atoms with Gasteiger partial charge in [-0.3, -0.25) is 19.9 Å². The first-order valence-electron chi connectivity index (χ1n) is 11.5. The Labute approximate surface area is 189 Å². The van der Waals surface area contributed by atoms with E-state index in [1.54, 1.807) is 0 Å². The molecular formula is C28H28N4. The van der Waals surface area contributed by atoms with Crippen molar-refractivity contribution in [1.29, 1.82) is 0 Å². The summed E-state index contributed by atoms with van der Waals surface area (Å²) in [5, 5.41) is 0. The lowest BCUT2D eigenvalue weighted by Crippen LogP contribution is -2.20. The summed E-state index contributed by atoms with van der Waals surface area (Å²) in [6.45, 7) is 0.